The maximum absolute atomic E-state index is 12.5. The second-order valence-electron chi connectivity index (χ2n) is 6.28. The average molecular weight is 482 g/mol. The number of hydrogen-bond acceptors (Lipinski definition) is 6. The number of carbonyl (C=O) groups excluding carboxylic acids is 3. The van der Waals surface area contributed by atoms with Gasteiger partial charge in [0.25, 0.3) is 5.91 Å². The van der Waals surface area contributed by atoms with Gasteiger partial charge in [-0.15, -0.1) is 0 Å². The number of nitrogens with zero attached hydrogens (tertiary/aromatic N) is 1. The van der Waals surface area contributed by atoms with Crippen LogP contribution in [-0.2, 0) is 19.1 Å². The minimum Gasteiger partial charge on any atom is -0.484 e. The fourth-order valence-corrected chi connectivity index (χ4v) is 3.19. The molecule has 1 aromatic rings. The molecule has 1 heterocycles. The maximum atomic E-state index is 12.5. The number of alkyl halides is 3. The van der Waals surface area contributed by atoms with E-state index in [4.69, 9.17) is 44.3 Å². The van der Waals surface area contributed by atoms with Gasteiger partial charge in [-0.25, -0.2) is 4.79 Å². The van der Waals surface area contributed by atoms with Crippen LogP contribution in [0.25, 0.3) is 0 Å². The van der Waals surface area contributed by atoms with Gasteiger partial charge in [-0.3, -0.25) is 9.59 Å². The molecular weight excluding hydrogens is 463 g/mol. The van der Waals surface area contributed by atoms with Crippen LogP contribution >= 0.6 is 47.4 Å². The molecule has 1 saturated heterocycles. The minimum atomic E-state index is -1.79. The molecule has 0 spiro atoms. The Morgan fingerprint density at radius 3 is 2.45 bits per heavy atom. The third-order valence-electron chi connectivity index (χ3n) is 3.88. The van der Waals surface area contributed by atoms with Crippen molar-refractivity contribution in [2.75, 3.05) is 13.2 Å². The Hall–Kier alpha value is -1.61. The number of rotatable bonds is 8. The normalized spacial score (nSPS) is 19.8. The predicted molar refractivity (Wildman–Crippen MR) is 113 cm³/mol. The SMILES string of the molecule is C=C(C)[C@H](C(=O)OCC(Cl)(Cl)Cl)N1C(=O)[C@@H](NC(=O)COc2ccccc2)[C@H]1S. The molecule has 11 heteroatoms. The molecule has 1 aliphatic rings. The number of likely N-dealkylation sites (tertiary alicyclic amines) is 1. The lowest BCUT2D eigenvalue weighted by molar-refractivity contribution is -0.162. The molecule has 158 valence electrons. The predicted octanol–water partition coefficient (Wildman–Crippen LogP) is 2.51. The van der Waals surface area contributed by atoms with Gasteiger partial charge in [0.15, 0.2) is 12.6 Å². The smallest absolute Gasteiger partial charge is 0.333 e. The third-order valence-corrected chi connectivity index (χ3v) is 4.75. The molecule has 0 saturated carbocycles. The van der Waals surface area contributed by atoms with E-state index in [2.05, 4.69) is 24.5 Å². The van der Waals surface area contributed by atoms with Crippen molar-refractivity contribution in [3.63, 3.8) is 0 Å². The Balaban J connectivity index is 1.93. The van der Waals surface area contributed by atoms with Crippen molar-refractivity contribution < 1.29 is 23.9 Å². The van der Waals surface area contributed by atoms with Crippen LogP contribution in [0.2, 0.25) is 0 Å². The Morgan fingerprint density at radius 1 is 1.31 bits per heavy atom. The molecule has 0 bridgehead atoms. The first-order valence-corrected chi connectivity index (χ1v) is 10.0. The van der Waals surface area contributed by atoms with E-state index >= 15 is 0 Å². The van der Waals surface area contributed by atoms with Gasteiger partial charge in [0.2, 0.25) is 9.70 Å². The summed E-state index contributed by atoms with van der Waals surface area (Å²) < 4.78 is 8.50. The van der Waals surface area contributed by atoms with Crippen LogP contribution in [0.5, 0.6) is 5.75 Å². The highest BCUT2D eigenvalue weighted by Gasteiger charge is 2.52. The van der Waals surface area contributed by atoms with E-state index in [1.807, 2.05) is 6.07 Å². The van der Waals surface area contributed by atoms with Crippen molar-refractivity contribution >= 4 is 65.2 Å². The lowest BCUT2D eigenvalue weighted by Crippen LogP contribution is -2.72. The third kappa shape index (κ3) is 6.44. The highest BCUT2D eigenvalue weighted by Crippen LogP contribution is 2.31. The molecule has 2 rings (SSSR count). The van der Waals surface area contributed by atoms with Crippen LogP contribution in [0.15, 0.2) is 42.5 Å². The van der Waals surface area contributed by atoms with E-state index in [-0.39, 0.29) is 6.61 Å². The number of halogens is 3. The first-order chi connectivity index (χ1) is 13.5. The molecule has 1 N–H and O–H groups in total. The number of ether oxygens (including phenoxy) is 2. The van der Waals surface area contributed by atoms with Gasteiger partial charge >= 0.3 is 5.97 Å². The average Bonchev–Trinajstić information content (AvgIpc) is 2.66. The lowest BCUT2D eigenvalue weighted by Gasteiger charge is -2.47. The van der Waals surface area contributed by atoms with E-state index in [9.17, 15) is 14.4 Å². The number of esters is 1. The molecule has 0 aromatic heterocycles. The summed E-state index contributed by atoms with van der Waals surface area (Å²) in [6.45, 7) is 4.49. The lowest BCUT2D eigenvalue weighted by atomic mass is 9.99. The molecule has 1 aliphatic heterocycles. The van der Waals surface area contributed by atoms with Crippen molar-refractivity contribution in [2.45, 2.75) is 28.2 Å². The molecule has 7 nitrogen and oxygen atoms in total. The molecule has 1 aromatic carbocycles. The monoisotopic (exact) mass is 480 g/mol. The molecule has 1 fully saturated rings. The molecule has 2 amide bonds. The van der Waals surface area contributed by atoms with Crippen molar-refractivity contribution in [3.05, 3.63) is 42.5 Å². The van der Waals surface area contributed by atoms with Crippen LogP contribution < -0.4 is 10.1 Å². The van der Waals surface area contributed by atoms with Crippen molar-refractivity contribution in [1.29, 1.82) is 0 Å². The number of nitrogens with one attached hydrogen (secondary N) is 1. The summed E-state index contributed by atoms with van der Waals surface area (Å²) >= 11 is 21.1. The van der Waals surface area contributed by atoms with E-state index in [0.717, 1.165) is 4.90 Å². The van der Waals surface area contributed by atoms with E-state index in [1.54, 1.807) is 31.2 Å². The number of carbonyl (C=O) groups is 3. The number of para-hydroxylation sites is 1. The number of thiol groups is 1. The molecular formula is C18H19Cl3N2O5S. The topological polar surface area (TPSA) is 84.9 Å². The molecule has 0 unspecified atom stereocenters. The summed E-state index contributed by atoms with van der Waals surface area (Å²) in [5.41, 5.74) is 0.337. The van der Waals surface area contributed by atoms with Crippen LogP contribution in [0.1, 0.15) is 6.92 Å². The van der Waals surface area contributed by atoms with Crippen molar-refractivity contribution in [2.24, 2.45) is 0 Å². The first-order valence-electron chi connectivity index (χ1n) is 8.37. The summed E-state index contributed by atoms with van der Waals surface area (Å²) in [4.78, 5) is 38.1. The highest BCUT2D eigenvalue weighted by atomic mass is 35.6. The molecule has 0 radical (unpaired) electrons. The van der Waals surface area contributed by atoms with Gasteiger partial charge < -0.3 is 19.7 Å². The van der Waals surface area contributed by atoms with Gasteiger partial charge in [-0.05, 0) is 24.6 Å². The number of hydrogen-bond donors (Lipinski definition) is 2. The molecule has 0 aliphatic carbocycles. The number of amides is 2. The fraction of sp³-hybridized carbons (Fsp3) is 0.389. The Labute approximate surface area is 188 Å². The van der Waals surface area contributed by atoms with Crippen LogP contribution in [-0.4, -0.2) is 57.1 Å². The van der Waals surface area contributed by atoms with Crippen LogP contribution in [0, 0.1) is 0 Å². The van der Waals surface area contributed by atoms with Crippen LogP contribution in [0.3, 0.4) is 0 Å². The Bertz CT molecular complexity index is 787. The van der Waals surface area contributed by atoms with Gasteiger partial charge in [0.05, 0.1) is 0 Å². The van der Waals surface area contributed by atoms with Crippen LogP contribution in [0.4, 0.5) is 0 Å². The van der Waals surface area contributed by atoms with E-state index < -0.39 is 45.6 Å². The zero-order valence-electron chi connectivity index (χ0n) is 15.3. The zero-order chi connectivity index (χ0) is 21.8. The Kier molecular flexibility index (Phi) is 8.10. The standard InChI is InChI=1S/C18H19Cl3N2O5S/c1-10(2)14(17(26)28-9-18(19,20)21)23-15(25)13(16(23)29)22-12(24)8-27-11-6-4-3-5-7-11/h3-7,13-14,16,29H,1,8-9H2,2H3,(H,22,24)/t13-,14-,16-/m1/s1. The van der Waals surface area contributed by atoms with Crippen molar-refractivity contribution in [3.8, 4) is 5.75 Å². The summed E-state index contributed by atoms with van der Waals surface area (Å²) in [6.07, 6.45) is 0. The Morgan fingerprint density at radius 2 is 1.93 bits per heavy atom. The molecule has 3 atom stereocenters. The van der Waals surface area contributed by atoms with Gasteiger partial charge in [0.1, 0.15) is 23.8 Å². The van der Waals surface area contributed by atoms with Crippen molar-refractivity contribution in [1.82, 2.24) is 10.2 Å². The second-order valence-corrected chi connectivity index (χ2v) is 9.32. The van der Waals surface area contributed by atoms with Gasteiger partial charge in [-0.2, -0.15) is 12.6 Å². The number of β-lactam (4-membered cyclic amide) rings is 1. The largest absolute Gasteiger partial charge is 0.484 e. The fourth-order valence-electron chi connectivity index (χ4n) is 2.58. The summed E-state index contributed by atoms with van der Waals surface area (Å²) in [5.74, 6) is -1.31. The molecule has 29 heavy (non-hydrogen) atoms. The number of benzene rings is 1. The minimum absolute atomic E-state index is 0.274. The zero-order valence-corrected chi connectivity index (χ0v) is 18.5. The summed E-state index contributed by atoms with van der Waals surface area (Å²) in [7, 11) is 0. The highest BCUT2D eigenvalue weighted by molar-refractivity contribution is 7.81. The van der Waals surface area contributed by atoms with E-state index in [1.165, 1.54) is 0 Å². The van der Waals surface area contributed by atoms with Gasteiger partial charge in [0, 0.05) is 0 Å². The summed E-state index contributed by atoms with van der Waals surface area (Å²) in [5, 5.41) is 1.76. The second kappa shape index (κ2) is 9.93. The maximum Gasteiger partial charge on any atom is 0.333 e. The summed E-state index contributed by atoms with van der Waals surface area (Å²) in [6, 6.07) is 6.71. The first kappa shape index (κ1) is 23.7. The quantitative estimate of drug-likeness (QED) is 0.196. The van der Waals surface area contributed by atoms with E-state index in [0.29, 0.717) is 11.3 Å². The van der Waals surface area contributed by atoms with Gasteiger partial charge in [-0.1, -0.05) is 59.6 Å².